The van der Waals surface area contributed by atoms with Crippen molar-refractivity contribution in [3.8, 4) is 0 Å². The lowest BCUT2D eigenvalue weighted by Gasteiger charge is -2.45. The lowest BCUT2D eigenvalue weighted by atomic mass is 9.66. The lowest BCUT2D eigenvalue weighted by Crippen LogP contribution is -2.47. The molecule has 4 heteroatoms. The molecule has 0 unspecified atom stereocenters. The van der Waals surface area contributed by atoms with E-state index in [2.05, 4.69) is 20.8 Å². The summed E-state index contributed by atoms with van der Waals surface area (Å²) in [5, 5.41) is 0. The number of carbonyl (C=O) groups is 1. The third-order valence-corrected chi connectivity index (χ3v) is 5.24. The molecule has 144 valence electrons. The molecule has 2 rings (SSSR count). The topological polar surface area (TPSA) is 44.8 Å². The zero-order valence-electron chi connectivity index (χ0n) is 16.4. The highest BCUT2D eigenvalue weighted by atomic mass is 16.7. The van der Waals surface area contributed by atoms with E-state index in [1.54, 1.807) is 0 Å². The van der Waals surface area contributed by atoms with E-state index in [1.807, 2.05) is 42.5 Å². The van der Waals surface area contributed by atoms with Gasteiger partial charge in [-0.15, -0.1) is 0 Å². The van der Waals surface area contributed by atoms with E-state index in [4.69, 9.17) is 14.2 Å². The van der Waals surface area contributed by atoms with Crippen LogP contribution in [0.4, 0.5) is 4.79 Å². The Morgan fingerprint density at radius 1 is 1.27 bits per heavy atom. The standard InChI is InChI=1S/C22H32O4/c1-17(2)20-12-11-18(3)15-22(20,26-21(23)24-4)13-8-14-25-16-19-9-6-5-7-10-19/h5-10,13,17-18,20H,11-12,14-16H2,1-4H3/b13-8+/t18-,20+,22+/m1/s1. The Bertz CT molecular complexity index is 581. The van der Waals surface area contributed by atoms with Gasteiger partial charge in [0.1, 0.15) is 5.60 Å². The van der Waals surface area contributed by atoms with Crippen molar-refractivity contribution in [2.24, 2.45) is 17.8 Å². The molecular formula is C22H32O4. The van der Waals surface area contributed by atoms with E-state index in [1.165, 1.54) is 7.11 Å². The SMILES string of the molecule is COC(=O)O[C@@]1(/C=C/COCc2ccccc2)C[C@H](C)CC[C@H]1C(C)C. The highest BCUT2D eigenvalue weighted by Gasteiger charge is 2.46. The van der Waals surface area contributed by atoms with Crippen LogP contribution in [0.25, 0.3) is 0 Å². The molecule has 0 amide bonds. The molecule has 0 spiro atoms. The van der Waals surface area contributed by atoms with Crippen molar-refractivity contribution >= 4 is 6.16 Å². The monoisotopic (exact) mass is 360 g/mol. The number of hydrogen-bond acceptors (Lipinski definition) is 4. The summed E-state index contributed by atoms with van der Waals surface area (Å²) >= 11 is 0. The van der Waals surface area contributed by atoms with E-state index in [0.717, 1.165) is 24.8 Å². The molecule has 0 aromatic heterocycles. The van der Waals surface area contributed by atoms with Crippen molar-refractivity contribution in [3.63, 3.8) is 0 Å². The molecule has 26 heavy (non-hydrogen) atoms. The quantitative estimate of drug-likeness (QED) is 0.372. The number of methoxy groups -OCH3 is 1. The van der Waals surface area contributed by atoms with E-state index in [0.29, 0.717) is 25.0 Å². The third kappa shape index (κ3) is 5.60. The Morgan fingerprint density at radius 2 is 2.00 bits per heavy atom. The van der Waals surface area contributed by atoms with Gasteiger partial charge < -0.3 is 14.2 Å². The molecule has 0 radical (unpaired) electrons. The van der Waals surface area contributed by atoms with E-state index in [9.17, 15) is 4.79 Å². The van der Waals surface area contributed by atoms with Gasteiger partial charge >= 0.3 is 6.16 Å². The molecule has 1 aliphatic carbocycles. The third-order valence-electron chi connectivity index (χ3n) is 5.24. The van der Waals surface area contributed by atoms with Gasteiger partial charge in [-0.05, 0) is 36.3 Å². The summed E-state index contributed by atoms with van der Waals surface area (Å²) in [5.41, 5.74) is 0.530. The van der Waals surface area contributed by atoms with Crippen molar-refractivity contribution in [1.29, 1.82) is 0 Å². The maximum Gasteiger partial charge on any atom is 0.508 e. The van der Waals surface area contributed by atoms with Gasteiger partial charge in [-0.3, -0.25) is 0 Å². The lowest BCUT2D eigenvalue weighted by molar-refractivity contribution is -0.0755. The summed E-state index contributed by atoms with van der Waals surface area (Å²) in [6, 6.07) is 10.1. The Kier molecular flexibility index (Phi) is 7.70. The van der Waals surface area contributed by atoms with Crippen molar-refractivity contribution in [3.05, 3.63) is 48.0 Å². The van der Waals surface area contributed by atoms with Crippen LogP contribution in [0.3, 0.4) is 0 Å². The van der Waals surface area contributed by atoms with Gasteiger partial charge in [0.25, 0.3) is 0 Å². The second kappa shape index (κ2) is 9.77. The number of hydrogen-bond donors (Lipinski definition) is 0. The maximum atomic E-state index is 11.9. The van der Waals surface area contributed by atoms with Crippen LogP contribution in [0.2, 0.25) is 0 Å². The number of benzene rings is 1. The first-order chi connectivity index (χ1) is 12.5. The second-order valence-electron chi connectivity index (χ2n) is 7.65. The average molecular weight is 360 g/mol. The van der Waals surface area contributed by atoms with Gasteiger partial charge in [-0.25, -0.2) is 4.79 Å². The molecular weight excluding hydrogens is 328 g/mol. The first-order valence-electron chi connectivity index (χ1n) is 9.53. The predicted molar refractivity (Wildman–Crippen MR) is 103 cm³/mol. The molecule has 4 nitrogen and oxygen atoms in total. The van der Waals surface area contributed by atoms with Crippen molar-refractivity contribution in [2.75, 3.05) is 13.7 Å². The van der Waals surface area contributed by atoms with E-state index in [-0.39, 0.29) is 5.92 Å². The number of rotatable bonds is 7. The predicted octanol–water partition coefficient (Wildman–Crippen LogP) is 5.37. The van der Waals surface area contributed by atoms with Crippen LogP contribution in [0, 0.1) is 17.8 Å². The van der Waals surface area contributed by atoms with Crippen LogP contribution in [-0.2, 0) is 20.8 Å². The van der Waals surface area contributed by atoms with Crippen LogP contribution in [0.5, 0.6) is 0 Å². The van der Waals surface area contributed by atoms with Gasteiger partial charge in [0.15, 0.2) is 0 Å². The van der Waals surface area contributed by atoms with Gasteiger partial charge in [0.05, 0.1) is 20.3 Å². The molecule has 1 aliphatic rings. The highest BCUT2D eigenvalue weighted by molar-refractivity contribution is 5.60. The summed E-state index contributed by atoms with van der Waals surface area (Å²) in [7, 11) is 1.36. The van der Waals surface area contributed by atoms with E-state index >= 15 is 0 Å². The smallest absolute Gasteiger partial charge is 0.438 e. The summed E-state index contributed by atoms with van der Waals surface area (Å²) in [6.07, 6.45) is 6.44. The summed E-state index contributed by atoms with van der Waals surface area (Å²) < 4.78 is 16.4. The largest absolute Gasteiger partial charge is 0.508 e. The summed E-state index contributed by atoms with van der Waals surface area (Å²) in [4.78, 5) is 11.9. The molecule has 0 bridgehead atoms. The normalized spacial score (nSPS) is 26.2. The highest BCUT2D eigenvalue weighted by Crippen LogP contribution is 2.44. The zero-order valence-corrected chi connectivity index (χ0v) is 16.4. The Labute approximate surface area is 157 Å². The number of carbonyl (C=O) groups excluding carboxylic acids is 1. The van der Waals surface area contributed by atoms with Crippen LogP contribution in [-0.4, -0.2) is 25.5 Å². The fourth-order valence-corrected chi connectivity index (χ4v) is 4.01. The second-order valence-corrected chi connectivity index (χ2v) is 7.65. The van der Waals surface area contributed by atoms with Gasteiger partial charge in [0, 0.05) is 5.92 Å². The average Bonchev–Trinajstić information content (AvgIpc) is 2.62. The molecule has 1 fully saturated rings. The fraction of sp³-hybridized carbons (Fsp3) is 0.591. The Balaban J connectivity index is 2.06. The molecule has 0 heterocycles. The van der Waals surface area contributed by atoms with Crippen molar-refractivity contribution in [1.82, 2.24) is 0 Å². The number of ether oxygens (including phenoxy) is 3. The van der Waals surface area contributed by atoms with Crippen LogP contribution >= 0.6 is 0 Å². The van der Waals surface area contributed by atoms with Crippen LogP contribution < -0.4 is 0 Å². The van der Waals surface area contributed by atoms with E-state index < -0.39 is 11.8 Å². The molecule has 0 aliphatic heterocycles. The van der Waals surface area contributed by atoms with Gasteiger partial charge in [-0.1, -0.05) is 63.6 Å². The minimum absolute atomic E-state index is 0.281. The van der Waals surface area contributed by atoms with Crippen LogP contribution in [0.1, 0.15) is 45.6 Å². The minimum Gasteiger partial charge on any atom is -0.438 e. The fourth-order valence-electron chi connectivity index (χ4n) is 4.01. The van der Waals surface area contributed by atoms with Crippen LogP contribution in [0.15, 0.2) is 42.5 Å². The van der Waals surface area contributed by atoms with Gasteiger partial charge in [-0.2, -0.15) is 0 Å². The molecule has 1 aromatic carbocycles. The first kappa shape index (κ1) is 20.5. The Hall–Kier alpha value is -1.81. The van der Waals surface area contributed by atoms with Gasteiger partial charge in [0.2, 0.25) is 0 Å². The summed E-state index contributed by atoms with van der Waals surface area (Å²) in [6.45, 7) is 7.65. The molecule has 0 N–H and O–H groups in total. The Morgan fingerprint density at radius 3 is 2.65 bits per heavy atom. The molecule has 1 aromatic rings. The maximum absolute atomic E-state index is 11.9. The van der Waals surface area contributed by atoms with Crippen molar-refractivity contribution in [2.45, 2.75) is 52.2 Å². The molecule has 0 saturated heterocycles. The minimum atomic E-state index is -0.616. The molecule has 3 atom stereocenters. The first-order valence-corrected chi connectivity index (χ1v) is 9.53. The van der Waals surface area contributed by atoms with Crippen molar-refractivity contribution < 1.29 is 19.0 Å². The zero-order chi connectivity index (χ0) is 19.0. The molecule has 1 saturated carbocycles. The summed E-state index contributed by atoms with van der Waals surface area (Å²) in [5.74, 6) is 1.20.